The standard InChI is InChI=1S/C23H21NO/c25-23(18-11-5-2-6-12-18)16-20(17-9-3-1-4-10-17)22-15-19-13-7-8-14-21(19)24-22/h1-12,15,20,24H,13-14,16H2/t20-/m1/s1. The molecule has 0 radical (unpaired) electrons. The molecule has 3 aromatic rings. The van der Waals surface area contributed by atoms with Gasteiger partial charge < -0.3 is 4.98 Å². The minimum Gasteiger partial charge on any atom is -0.361 e. The van der Waals surface area contributed by atoms with Gasteiger partial charge in [0.1, 0.15) is 0 Å². The van der Waals surface area contributed by atoms with E-state index in [0.29, 0.717) is 6.42 Å². The van der Waals surface area contributed by atoms with Crippen LogP contribution in [-0.4, -0.2) is 10.8 Å². The van der Waals surface area contributed by atoms with Crippen molar-refractivity contribution in [2.24, 2.45) is 0 Å². The lowest BCUT2D eigenvalue weighted by Crippen LogP contribution is -2.09. The van der Waals surface area contributed by atoms with E-state index in [1.807, 2.05) is 48.5 Å². The molecule has 2 aromatic carbocycles. The van der Waals surface area contributed by atoms with Crippen LogP contribution in [0, 0.1) is 0 Å². The van der Waals surface area contributed by atoms with Crippen LogP contribution < -0.4 is 0 Å². The van der Waals surface area contributed by atoms with Crippen LogP contribution in [0.4, 0.5) is 0 Å². The maximum atomic E-state index is 12.8. The number of benzene rings is 2. The monoisotopic (exact) mass is 327 g/mol. The molecule has 0 saturated heterocycles. The van der Waals surface area contributed by atoms with Gasteiger partial charge in [-0.25, -0.2) is 0 Å². The number of aromatic nitrogens is 1. The van der Waals surface area contributed by atoms with E-state index in [1.165, 1.54) is 16.8 Å². The highest BCUT2D eigenvalue weighted by molar-refractivity contribution is 5.96. The number of hydrogen-bond acceptors (Lipinski definition) is 1. The second kappa shape index (κ2) is 6.94. The molecule has 4 rings (SSSR count). The lowest BCUT2D eigenvalue weighted by atomic mass is 9.89. The first kappa shape index (κ1) is 15.6. The largest absolute Gasteiger partial charge is 0.361 e. The summed E-state index contributed by atoms with van der Waals surface area (Å²) in [5.74, 6) is 0.236. The van der Waals surface area contributed by atoms with Crippen molar-refractivity contribution in [3.63, 3.8) is 0 Å². The minimum atomic E-state index is 0.0551. The fourth-order valence-corrected chi connectivity index (χ4v) is 3.55. The van der Waals surface area contributed by atoms with Gasteiger partial charge in [0, 0.05) is 35.7 Å². The topological polar surface area (TPSA) is 32.9 Å². The van der Waals surface area contributed by atoms with Crippen LogP contribution >= 0.6 is 0 Å². The summed E-state index contributed by atoms with van der Waals surface area (Å²) >= 11 is 0. The molecule has 0 bridgehead atoms. The van der Waals surface area contributed by atoms with Crippen molar-refractivity contribution >= 4 is 5.78 Å². The molecule has 0 unspecified atom stereocenters. The zero-order valence-electron chi connectivity index (χ0n) is 14.1. The van der Waals surface area contributed by atoms with Gasteiger partial charge in [-0.15, -0.1) is 0 Å². The molecule has 0 aliphatic heterocycles. The van der Waals surface area contributed by atoms with Crippen molar-refractivity contribution in [1.82, 2.24) is 4.98 Å². The molecular formula is C23H21NO. The Bertz CT molecular complexity index is 865. The highest BCUT2D eigenvalue weighted by Crippen LogP contribution is 2.31. The Hall–Kier alpha value is -2.87. The number of carbonyl (C=O) groups excluding carboxylic acids is 1. The molecule has 1 aromatic heterocycles. The van der Waals surface area contributed by atoms with Crippen molar-refractivity contribution < 1.29 is 4.79 Å². The summed E-state index contributed by atoms with van der Waals surface area (Å²) in [6, 6.07) is 22.1. The number of hydrogen-bond donors (Lipinski definition) is 1. The van der Waals surface area contributed by atoms with Gasteiger partial charge in [-0.2, -0.15) is 0 Å². The van der Waals surface area contributed by atoms with Gasteiger partial charge in [0.2, 0.25) is 0 Å². The molecule has 0 fully saturated rings. The second-order valence-electron chi connectivity index (χ2n) is 6.56. The van der Waals surface area contributed by atoms with Crippen molar-refractivity contribution in [2.75, 3.05) is 0 Å². The Kier molecular flexibility index (Phi) is 4.34. The highest BCUT2D eigenvalue weighted by Gasteiger charge is 2.22. The third-order valence-electron chi connectivity index (χ3n) is 4.90. The van der Waals surface area contributed by atoms with Gasteiger partial charge >= 0.3 is 0 Å². The van der Waals surface area contributed by atoms with E-state index in [2.05, 4.69) is 35.3 Å². The predicted octanol–water partition coefficient (Wildman–Crippen LogP) is 5.07. The second-order valence-corrected chi connectivity index (χ2v) is 6.56. The summed E-state index contributed by atoms with van der Waals surface area (Å²) in [5, 5.41) is 0. The Labute approximate surface area is 148 Å². The molecule has 0 saturated carbocycles. The van der Waals surface area contributed by atoms with Gasteiger partial charge in [-0.05, 0) is 23.6 Å². The lowest BCUT2D eigenvalue weighted by Gasteiger charge is -2.16. The van der Waals surface area contributed by atoms with E-state index in [1.54, 1.807) is 0 Å². The Morgan fingerprint density at radius 2 is 1.60 bits per heavy atom. The fraction of sp³-hybridized carbons (Fsp3) is 0.174. The van der Waals surface area contributed by atoms with Crippen LogP contribution in [-0.2, 0) is 12.8 Å². The molecule has 2 heteroatoms. The predicted molar refractivity (Wildman–Crippen MR) is 101 cm³/mol. The number of fused-ring (bicyclic) bond motifs is 1. The third kappa shape index (κ3) is 3.34. The normalized spacial score (nSPS) is 14.1. The number of allylic oxidation sites excluding steroid dienone is 2. The van der Waals surface area contributed by atoms with E-state index < -0.39 is 0 Å². The molecule has 1 aliphatic carbocycles. The number of nitrogens with one attached hydrogen (secondary N) is 1. The SMILES string of the molecule is O=C(C[C@H](c1ccccc1)c1cc2c([nH]1)CC=CC2)c1ccccc1. The Morgan fingerprint density at radius 3 is 2.32 bits per heavy atom. The summed E-state index contributed by atoms with van der Waals surface area (Å²) in [6.45, 7) is 0. The number of ketones is 1. The van der Waals surface area contributed by atoms with Crippen molar-refractivity contribution in [1.29, 1.82) is 0 Å². The summed E-state index contributed by atoms with van der Waals surface area (Å²) < 4.78 is 0. The van der Waals surface area contributed by atoms with Gasteiger partial charge in [-0.1, -0.05) is 72.8 Å². The first-order valence-electron chi connectivity index (χ1n) is 8.80. The number of rotatable bonds is 5. The summed E-state index contributed by atoms with van der Waals surface area (Å²) in [5.41, 5.74) is 5.74. The summed E-state index contributed by atoms with van der Waals surface area (Å²) in [6.07, 6.45) is 6.81. The van der Waals surface area contributed by atoms with Crippen molar-refractivity contribution in [2.45, 2.75) is 25.2 Å². The first-order valence-corrected chi connectivity index (χ1v) is 8.80. The lowest BCUT2D eigenvalue weighted by molar-refractivity contribution is 0.0977. The average Bonchev–Trinajstić information content (AvgIpc) is 3.11. The number of Topliss-reactive ketones (excluding diaryl/α,β-unsaturated/α-hetero) is 1. The molecule has 1 aliphatic rings. The third-order valence-corrected chi connectivity index (χ3v) is 4.90. The van der Waals surface area contributed by atoms with Gasteiger partial charge in [0.15, 0.2) is 5.78 Å². The minimum absolute atomic E-state index is 0.0551. The van der Waals surface area contributed by atoms with Gasteiger partial charge in [0.05, 0.1) is 0 Å². The van der Waals surface area contributed by atoms with Gasteiger partial charge in [0.25, 0.3) is 0 Å². The quantitative estimate of drug-likeness (QED) is 0.515. The van der Waals surface area contributed by atoms with E-state index in [0.717, 1.165) is 24.1 Å². The Balaban J connectivity index is 1.68. The van der Waals surface area contributed by atoms with E-state index in [-0.39, 0.29) is 11.7 Å². The first-order chi connectivity index (χ1) is 12.3. The van der Waals surface area contributed by atoms with Crippen LogP contribution in [0.25, 0.3) is 0 Å². The molecule has 1 atom stereocenters. The van der Waals surface area contributed by atoms with Crippen LogP contribution in [0.15, 0.2) is 78.9 Å². The van der Waals surface area contributed by atoms with Crippen LogP contribution in [0.1, 0.15) is 45.2 Å². The smallest absolute Gasteiger partial charge is 0.163 e. The fourth-order valence-electron chi connectivity index (χ4n) is 3.55. The average molecular weight is 327 g/mol. The van der Waals surface area contributed by atoms with E-state index in [9.17, 15) is 4.79 Å². The zero-order valence-corrected chi connectivity index (χ0v) is 14.1. The maximum absolute atomic E-state index is 12.8. The van der Waals surface area contributed by atoms with Crippen LogP contribution in [0.2, 0.25) is 0 Å². The van der Waals surface area contributed by atoms with Crippen molar-refractivity contribution in [3.8, 4) is 0 Å². The number of H-pyrrole nitrogens is 1. The molecule has 2 nitrogen and oxygen atoms in total. The van der Waals surface area contributed by atoms with Crippen molar-refractivity contribution in [3.05, 3.63) is 107 Å². The van der Waals surface area contributed by atoms with Gasteiger partial charge in [-0.3, -0.25) is 4.79 Å². The highest BCUT2D eigenvalue weighted by atomic mass is 16.1. The molecule has 0 spiro atoms. The van der Waals surface area contributed by atoms with Crippen LogP contribution in [0.3, 0.4) is 0 Å². The summed E-state index contributed by atoms with van der Waals surface area (Å²) in [7, 11) is 0. The molecule has 124 valence electrons. The van der Waals surface area contributed by atoms with Crippen LogP contribution in [0.5, 0.6) is 0 Å². The molecule has 0 amide bonds. The maximum Gasteiger partial charge on any atom is 0.163 e. The zero-order chi connectivity index (χ0) is 17.1. The number of carbonyl (C=O) groups is 1. The molecular weight excluding hydrogens is 306 g/mol. The molecule has 1 N–H and O–H groups in total. The summed E-state index contributed by atoms with van der Waals surface area (Å²) in [4.78, 5) is 16.4. The van der Waals surface area contributed by atoms with E-state index >= 15 is 0 Å². The molecule has 1 heterocycles. The van der Waals surface area contributed by atoms with E-state index in [4.69, 9.17) is 0 Å². The Morgan fingerprint density at radius 1 is 0.920 bits per heavy atom. The molecule has 25 heavy (non-hydrogen) atoms. The number of aromatic amines is 1.